The zero-order valence-corrected chi connectivity index (χ0v) is 13.5. The van der Waals surface area contributed by atoms with Crippen molar-refractivity contribution in [3.63, 3.8) is 0 Å². The Morgan fingerprint density at radius 1 is 1.09 bits per heavy atom. The maximum Gasteiger partial charge on any atom is 0.139 e. The summed E-state index contributed by atoms with van der Waals surface area (Å²) in [5.41, 5.74) is 3.34. The molecule has 0 amide bonds. The molecule has 3 rings (SSSR count). The zero-order chi connectivity index (χ0) is 15.5. The Morgan fingerprint density at radius 3 is 2.59 bits per heavy atom. The second-order valence-electron chi connectivity index (χ2n) is 5.63. The highest BCUT2D eigenvalue weighted by Crippen LogP contribution is 2.35. The Bertz CT molecular complexity index is 765. The van der Waals surface area contributed by atoms with Gasteiger partial charge in [0.05, 0.1) is 5.02 Å². The summed E-state index contributed by atoms with van der Waals surface area (Å²) in [5, 5.41) is 1.72. The van der Waals surface area contributed by atoms with Gasteiger partial charge in [0.2, 0.25) is 0 Å². The van der Waals surface area contributed by atoms with Crippen molar-refractivity contribution in [3.8, 4) is 5.75 Å². The number of H-pyrrole nitrogens is 1. The number of aromatic amines is 1. The van der Waals surface area contributed by atoms with Gasteiger partial charge >= 0.3 is 0 Å². The molecule has 0 aliphatic rings. The van der Waals surface area contributed by atoms with E-state index in [0.717, 1.165) is 28.8 Å². The monoisotopic (exact) mass is 314 g/mol. The fourth-order valence-corrected chi connectivity index (χ4v) is 2.88. The number of benzene rings is 2. The van der Waals surface area contributed by atoms with Crippen LogP contribution in [0, 0.1) is 0 Å². The third-order valence-electron chi connectivity index (χ3n) is 3.55. The molecule has 4 heteroatoms. The summed E-state index contributed by atoms with van der Waals surface area (Å²) >= 11 is 6.57. The first-order chi connectivity index (χ1) is 10.6. The number of rotatable bonds is 5. The number of fused-ring (bicyclic) bond motifs is 1. The van der Waals surface area contributed by atoms with E-state index < -0.39 is 0 Å². The number of hydrogen-bond donors (Lipinski definition) is 1. The van der Waals surface area contributed by atoms with Crippen molar-refractivity contribution in [2.24, 2.45) is 0 Å². The first-order valence-electron chi connectivity index (χ1n) is 7.25. The Kier molecular flexibility index (Phi) is 4.36. The molecular formula is C18H19ClN2O. The van der Waals surface area contributed by atoms with Gasteiger partial charge < -0.3 is 14.6 Å². The Balaban J connectivity index is 1.88. The van der Waals surface area contributed by atoms with E-state index in [1.807, 2.05) is 62.8 Å². The van der Waals surface area contributed by atoms with E-state index >= 15 is 0 Å². The molecule has 0 atom stereocenters. The normalized spacial score (nSPS) is 11.3. The Hall–Kier alpha value is -1.97. The highest BCUT2D eigenvalue weighted by Gasteiger charge is 2.13. The fourth-order valence-electron chi connectivity index (χ4n) is 2.54. The molecule has 1 N–H and O–H groups in total. The van der Waals surface area contributed by atoms with Gasteiger partial charge in [-0.1, -0.05) is 41.9 Å². The van der Waals surface area contributed by atoms with Crippen molar-refractivity contribution < 1.29 is 4.74 Å². The Morgan fingerprint density at radius 2 is 1.86 bits per heavy atom. The zero-order valence-electron chi connectivity index (χ0n) is 12.8. The molecule has 22 heavy (non-hydrogen) atoms. The van der Waals surface area contributed by atoms with Gasteiger partial charge in [-0.2, -0.15) is 0 Å². The highest BCUT2D eigenvalue weighted by atomic mass is 35.5. The quantitative estimate of drug-likeness (QED) is 0.753. The van der Waals surface area contributed by atoms with Crippen molar-refractivity contribution in [1.29, 1.82) is 0 Å². The predicted molar refractivity (Wildman–Crippen MR) is 91.5 cm³/mol. The number of nitrogens with one attached hydrogen (secondary N) is 1. The molecule has 2 aromatic carbocycles. The fraction of sp³-hybridized carbons (Fsp3) is 0.222. The van der Waals surface area contributed by atoms with Crippen LogP contribution in [0.25, 0.3) is 10.9 Å². The van der Waals surface area contributed by atoms with Crippen LogP contribution in [0.5, 0.6) is 5.75 Å². The third kappa shape index (κ3) is 3.11. The number of halogens is 1. The van der Waals surface area contributed by atoms with Gasteiger partial charge in [0.15, 0.2) is 0 Å². The third-order valence-corrected chi connectivity index (χ3v) is 3.93. The van der Waals surface area contributed by atoms with Crippen molar-refractivity contribution in [2.75, 3.05) is 14.1 Å². The van der Waals surface area contributed by atoms with Gasteiger partial charge in [-0.05, 0) is 37.4 Å². The standard InChI is InChI=1S/C18H19ClN2O/c1-21(2)11-14-10-20-15-8-9-16(18(19)17(14)15)22-12-13-6-4-3-5-7-13/h3-10,20H,11-12H2,1-2H3. The minimum absolute atomic E-state index is 0.513. The minimum Gasteiger partial charge on any atom is -0.487 e. The Labute approximate surface area is 135 Å². The van der Waals surface area contributed by atoms with Crippen molar-refractivity contribution in [2.45, 2.75) is 13.2 Å². The summed E-state index contributed by atoms with van der Waals surface area (Å²) in [7, 11) is 4.09. The van der Waals surface area contributed by atoms with E-state index in [-0.39, 0.29) is 0 Å². The number of hydrogen-bond acceptors (Lipinski definition) is 2. The molecular weight excluding hydrogens is 296 g/mol. The van der Waals surface area contributed by atoms with E-state index in [4.69, 9.17) is 16.3 Å². The molecule has 1 aromatic heterocycles. The molecule has 0 bridgehead atoms. The lowest BCUT2D eigenvalue weighted by Crippen LogP contribution is -2.10. The van der Waals surface area contributed by atoms with Crippen LogP contribution in [-0.2, 0) is 13.2 Å². The molecule has 3 aromatic rings. The van der Waals surface area contributed by atoms with Gasteiger partial charge in [0.1, 0.15) is 12.4 Å². The van der Waals surface area contributed by atoms with Crippen LogP contribution in [0.4, 0.5) is 0 Å². The number of nitrogens with zero attached hydrogens (tertiary/aromatic N) is 1. The topological polar surface area (TPSA) is 28.3 Å². The summed E-state index contributed by atoms with van der Waals surface area (Å²) in [6.45, 7) is 1.35. The van der Waals surface area contributed by atoms with Gasteiger partial charge in [-0.25, -0.2) is 0 Å². The number of ether oxygens (including phenoxy) is 1. The maximum absolute atomic E-state index is 6.57. The van der Waals surface area contributed by atoms with Crippen LogP contribution in [0.15, 0.2) is 48.7 Å². The number of aromatic nitrogens is 1. The summed E-state index contributed by atoms with van der Waals surface area (Å²) in [6, 6.07) is 14.0. The molecule has 0 spiro atoms. The largest absolute Gasteiger partial charge is 0.487 e. The summed E-state index contributed by atoms with van der Waals surface area (Å²) in [4.78, 5) is 5.39. The van der Waals surface area contributed by atoms with Crippen LogP contribution in [0.1, 0.15) is 11.1 Å². The molecule has 0 aliphatic carbocycles. The molecule has 114 valence electrons. The first-order valence-corrected chi connectivity index (χ1v) is 7.63. The molecule has 0 saturated carbocycles. The van der Waals surface area contributed by atoms with E-state index in [9.17, 15) is 0 Å². The lowest BCUT2D eigenvalue weighted by molar-refractivity contribution is 0.307. The minimum atomic E-state index is 0.513. The molecule has 0 saturated heterocycles. The van der Waals surface area contributed by atoms with E-state index in [1.54, 1.807) is 0 Å². The first kappa shape index (κ1) is 14.9. The SMILES string of the molecule is CN(C)Cc1c[nH]c2ccc(OCc3ccccc3)c(Cl)c12. The maximum atomic E-state index is 6.57. The average molecular weight is 315 g/mol. The lowest BCUT2D eigenvalue weighted by atomic mass is 10.1. The van der Waals surface area contributed by atoms with Crippen molar-refractivity contribution >= 4 is 22.5 Å². The molecule has 0 aliphatic heterocycles. The van der Waals surface area contributed by atoms with Crippen LogP contribution in [0.2, 0.25) is 5.02 Å². The van der Waals surface area contributed by atoms with E-state index in [1.165, 1.54) is 5.56 Å². The van der Waals surface area contributed by atoms with Crippen LogP contribution >= 0.6 is 11.6 Å². The lowest BCUT2D eigenvalue weighted by Gasteiger charge is -2.12. The van der Waals surface area contributed by atoms with E-state index in [2.05, 4.69) is 9.88 Å². The van der Waals surface area contributed by atoms with Crippen molar-refractivity contribution in [3.05, 3.63) is 64.8 Å². The molecule has 0 radical (unpaired) electrons. The van der Waals surface area contributed by atoms with Crippen LogP contribution in [0.3, 0.4) is 0 Å². The highest BCUT2D eigenvalue weighted by molar-refractivity contribution is 6.37. The average Bonchev–Trinajstić information content (AvgIpc) is 2.91. The molecule has 1 heterocycles. The van der Waals surface area contributed by atoms with Crippen LogP contribution < -0.4 is 4.74 Å². The van der Waals surface area contributed by atoms with Crippen LogP contribution in [-0.4, -0.2) is 24.0 Å². The molecule has 3 nitrogen and oxygen atoms in total. The predicted octanol–water partition coefficient (Wildman–Crippen LogP) is 4.46. The second-order valence-corrected chi connectivity index (χ2v) is 6.00. The smallest absolute Gasteiger partial charge is 0.139 e. The second kappa shape index (κ2) is 6.42. The molecule has 0 unspecified atom stereocenters. The summed E-state index contributed by atoms with van der Waals surface area (Å²) in [5.74, 6) is 0.720. The van der Waals surface area contributed by atoms with Gasteiger partial charge in [0.25, 0.3) is 0 Å². The van der Waals surface area contributed by atoms with Crippen molar-refractivity contribution in [1.82, 2.24) is 9.88 Å². The van der Waals surface area contributed by atoms with Gasteiger partial charge in [0, 0.05) is 23.6 Å². The van der Waals surface area contributed by atoms with E-state index in [0.29, 0.717) is 11.6 Å². The molecule has 0 fully saturated rings. The summed E-state index contributed by atoms with van der Waals surface area (Å²) in [6.07, 6.45) is 2.01. The van der Waals surface area contributed by atoms with Gasteiger partial charge in [-0.15, -0.1) is 0 Å². The van der Waals surface area contributed by atoms with Gasteiger partial charge in [-0.3, -0.25) is 0 Å². The summed E-state index contributed by atoms with van der Waals surface area (Å²) < 4.78 is 5.90.